The topological polar surface area (TPSA) is 59.8 Å². The second kappa shape index (κ2) is 7.59. The summed E-state index contributed by atoms with van der Waals surface area (Å²) < 4.78 is 93.2. The molecule has 0 spiro atoms. The van der Waals surface area contributed by atoms with Crippen LogP contribution in [0.15, 0.2) is 42.7 Å². The van der Waals surface area contributed by atoms with E-state index in [9.17, 15) is 35.5 Å². The van der Waals surface area contributed by atoms with Gasteiger partial charge in [-0.05, 0) is 24.3 Å². The largest absolute Gasteiger partial charge is 0.434 e. The van der Waals surface area contributed by atoms with Gasteiger partial charge in [0.1, 0.15) is 11.0 Å². The van der Waals surface area contributed by atoms with Crippen molar-refractivity contribution in [1.29, 1.82) is 0 Å². The molecule has 3 rings (SSSR count). The van der Waals surface area contributed by atoms with Gasteiger partial charge < -0.3 is 5.32 Å². The summed E-state index contributed by atoms with van der Waals surface area (Å²) in [6.07, 6.45) is -8.67. The van der Waals surface area contributed by atoms with Gasteiger partial charge in [0.15, 0.2) is 5.69 Å². The number of pyridine rings is 1. The average molecular weight is 453 g/mol. The van der Waals surface area contributed by atoms with Crippen LogP contribution in [0, 0.1) is 5.82 Å². The summed E-state index contributed by atoms with van der Waals surface area (Å²) in [4.78, 5) is 15.6. The standard InChI is InChI=1S/C17H8ClF7N4O/c18-14-12(16(20,21)22)5-9(6-26-14)28-15(30)11-7-27-29(13(11)17(23,24)25)10-3-1-2-8(19)4-10/h1-7H,(H,28,30). The van der Waals surface area contributed by atoms with Crippen molar-refractivity contribution in [3.63, 3.8) is 0 Å². The van der Waals surface area contributed by atoms with Gasteiger partial charge in [-0.2, -0.15) is 31.4 Å². The Balaban J connectivity index is 2.02. The van der Waals surface area contributed by atoms with Crippen LogP contribution in [0.25, 0.3) is 5.69 Å². The van der Waals surface area contributed by atoms with Gasteiger partial charge in [-0.1, -0.05) is 17.7 Å². The molecule has 1 N–H and O–H groups in total. The molecule has 5 nitrogen and oxygen atoms in total. The van der Waals surface area contributed by atoms with Crippen molar-refractivity contribution in [2.45, 2.75) is 12.4 Å². The minimum absolute atomic E-state index is 0.305. The fourth-order valence-corrected chi connectivity index (χ4v) is 2.72. The molecular formula is C17H8ClF7N4O. The van der Waals surface area contributed by atoms with E-state index in [-0.39, 0.29) is 5.69 Å². The molecule has 0 aliphatic heterocycles. The molecule has 158 valence electrons. The van der Waals surface area contributed by atoms with Crippen LogP contribution in [0.4, 0.5) is 36.4 Å². The Morgan fingerprint density at radius 1 is 1.03 bits per heavy atom. The molecule has 0 radical (unpaired) electrons. The average Bonchev–Trinajstić information content (AvgIpc) is 3.08. The summed E-state index contributed by atoms with van der Waals surface area (Å²) >= 11 is 5.37. The molecule has 1 amide bonds. The second-order valence-electron chi connectivity index (χ2n) is 5.81. The van der Waals surface area contributed by atoms with Crippen molar-refractivity contribution in [2.75, 3.05) is 5.32 Å². The van der Waals surface area contributed by atoms with Crippen molar-refractivity contribution in [1.82, 2.24) is 14.8 Å². The molecule has 0 aliphatic carbocycles. The van der Waals surface area contributed by atoms with Crippen LogP contribution in [-0.4, -0.2) is 20.7 Å². The number of anilines is 1. The third-order valence-electron chi connectivity index (χ3n) is 3.74. The van der Waals surface area contributed by atoms with Crippen LogP contribution in [0.3, 0.4) is 0 Å². The first-order valence-electron chi connectivity index (χ1n) is 7.83. The molecule has 2 aromatic heterocycles. The highest BCUT2D eigenvalue weighted by Crippen LogP contribution is 2.36. The number of nitrogens with zero attached hydrogens (tertiary/aromatic N) is 3. The van der Waals surface area contributed by atoms with Crippen LogP contribution in [0.2, 0.25) is 5.15 Å². The molecule has 0 atom stereocenters. The van der Waals surface area contributed by atoms with E-state index < -0.39 is 51.7 Å². The number of halogens is 8. The third-order valence-corrected chi connectivity index (χ3v) is 4.04. The van der Waals surface area contributed by atoms with Crippen molar-refractivity contribution in [3.8, 4) is 5.69 Å². The second-order valence-corrected chi connectivity index (χ2v) is 6.17. The van der Waals surface area contributed by atoms with E-state index in [2.05, 4.69) is 10.1 Å². The molecule has 1 aromatic carbocycles. The van der Waals surface area contributed by atoms with Gasteiger partial charge in [-0.3, -0.25) is 4.79 Å². The lowest BCUT2D eigenvalue weighted by atomic mass is 10.2. The molecule has 30 heavy (non-hydrogen) atoms. The summed E-state index contributed by atoms with van der Waals surface area (Å²) in [5, 5.41) is 4.49. The molecule has 13 heteroatoms. The van der Waals surface area contributed by atoms with Crippen molar-refractivity contribution in [2.24, 2.45) is 0 Å². The number of amides is 1. The first kappa shape index (κ1) is 21.6. The lowest BCUT2D eigenvalue weighted by Crippen LogP contribution is -2.21. The first-order chi connectivity index (χ1) is 13.9. The first-order valence-corrected chi connectivity index (χ1v) is 8.21. The molecule has 2 heterocycles. The van der Waals surface area contributed by atoms with E-state index in [1.165, 1.54) is 0 Å². The predicted molar refractivity (Wildman–Crippen MR) is 90.7 cm³/mol. The van der Waals surface area contributed by atoms with E-state index in [4.69, 9.17) is 11.6 Å². The number of hydrogen-bond acceptors (Lipinski definition) is 3. The normalized spacial score (nSPS) is 12.1. The van der Waals surface area contributed by atoms with Gasteiger partial charge in [0.2, 0.25) is 0 Å². The van der Waals surface area contributed by atoms with E-state index in [0.717, 1.165) is 30.5 Å². The van der Waals surface area contributed by atoms with Crippen molar-refractivity contribution in [3.05, 3.63) is 70.5 Å². The zero-order chi connectivity index (χ0) is 22.3. The summed E-state index contributed by atoms with van der Waals surface area (Å²) in [5.41, 5.74) is -4.76. The quantitative estimate of drug-likeness (QED) is 0.430. The van der Waals surface area contributed by atoms with Gasteiger partial charge in [-0.25, -0.2) is 14.1 Å². The maximum Gasteiger partial charge on any atom is 0.434 e. The molecule has 0 unspecified atom stereocenters. The lowest BCUT2D eigenvalue weighted by Gasteiger charge is -2.13. The number of hydrogen-bond donors (Lipinski definition) is 1. The molecule has 3 aromatic rings. The summed E-state index contributed by atoms with van der Waals surface area (Å²) in [6, 6.07) is 4.47. The minimum atomic E-state index is -5.09. The zero-order valence-corrected chi connectivity index (χ0v) is 15.1. The molecule has 0 saturated carbocycles. The SMILES string of the molecule is O=C(Nc1cnc(Cl)c(C(F)(F)F)c1)c1cnn(-c2cccc(F)c2)c1C(F)(F)F. The highest BCUT2D eigenvalue weighted by atomic mass is 35.5. The van der Waals surface area contributed by atoms with Crippen molar-refractivity contribution >= 4 is 23.2 Å². The van der Waals surface area contributed by atoms with E-state index in [0.29, 0.717) is 16.9 Å². The lowest BCUT2D eigenvalue weighted by molar-refractivity contribution is -0.143. The Bertz CT molecular complexity index is 1110. The van der Waals surface area contributed by atoms with Crippen LogP contribution < -0.4 is 5.32 Å². The van der Waals surface area contributed by atoms with Crippen LogP contribution >= 0.6 is 11.6 Å². The highest BCUT2D eigenvalue weighted by Gasteiger charge is 2.41. The fraction of sp³-hybridized carbons (Fsp3) is 0.118. The van der Waals surface area contributed by atoms with Gasteiger partial charge >= 0.3 is 12.4 Å². The van der Waals surface area contributed by atoms with Crippen LogP contribution in [0.5, 0.6) is 0 Å². The Morgan fingerprint density at radius 3 is 2.33 bits per heavy atom. The fourth-order valence-electron chi connectivity index (χ4n) is 2.50. The number of alkyl halides is 6. The van der Waals surface area contributed by atoms with Gasteiger partial charge in [0.05, 0.1) is 34.9 Å². The number of aromatic nitrogens is 3. The van der Waals surface area contributed by atoms with E-state index >= 15 is 0 Å². The van der Waals surface area contributed by atoms with Crippen LogP contribution in [0.1, 0.15) is 21.6 Å². The Hall–Kier alpha value is -3.15. The number of benzene rings is 1. The molecular weight excluding hydrogens is 445 g/mol. The monoisotopic (exact) mass is 452 g/mol. The van der Waals surface area contributed by atoms with E-state index in [1.807, 2.05) is 5.32 Å². The zero-order valence-electron chi connectivity index (χ0n) is 14.3. The Kier molecular flexibility index (Phi) is 5.46. The summed E-state index contributed by atoms with van der Waals surface area (Å²) in [6.45, 7) is 0. The number of carbonyl (C=O) groups excluding carboxylic acids is 1. The number of rotatable bonds is 3. The number of nitrogens with one attached hydrogen (secondary N) is 1. The minimum Gasteiger partial charge on any atom is -0.320 e. The summed E-state index contributed by atoms with van der Waals surface area (Å²) in [5.74, 6) is -2.24. The summed E-state index contributed by atoms with van der Waals surface area (Å²) in [7, 11) is 0. The van der Waals surface area contributed by atoms with Gasteiger partial charge in [-0.15, -0.1) is 0 Å². The Labute approximate surface area is 168 Å². The van der Waals surface area contributed by atoms with Gasteiger partial charge in [0.25, 0.3) is 5.91 Å². The molecule has 0 saturated heterocycles. The Morgan fingerprint density at radius 2 is 1.73 bits per heavy atom. The van der Waals surface area contributed by atoms with E-state index in [1.54, 1.807) is 0 Å². The predicted octanol–water partition coefficient (Wildman–Crippen LogP) is 5.35. The number of carbonyl (C=O) groups is 1. The molecule has 0 bridgehead atoms. The highest BCUT2D eigenvalue weighted by molar-refractivity contribution is 6.30. The van der Waals surface area contributed by atoms with Crippen LogP contribution in [-0.2, 0) is 12.4 Å². The van der Waals surface area contributed by atoms with Gasteiger partial charge in [0, 0.05) is 0 Å². The smallest absolute Gasteiger partial charge is 0.320 e. The third kappa shape index (κ3) is 4.37. The van der Waals surface area contributed by atoms with Crippen molar-refractivity contribution < 1.29 is 35.5 Å². The maximum atomic E-state index is 13.6. The maximum absolute atomic E-state index is 13.6. The molecule has 0 fully saturated rings. The molecule has 0 aliphatic rings.